The van der Waals surface area contributed by atoms with Crippen molar-refractivity contribution in [1.82, 2.24) is 15.3 Å². The molecule has 24 heavy (non-hydrogen) atoms. The topological polar surface area (TPSA) is 98.6 Å². The second-order valence-electron chi connectivity index (χ2n) is 5.41. The van der Waals surface area contributed by atoms with Crippen LogP contribution in [0, 0.1) is 11.6 Å². The molecule has 1 aromatic heterocycles. The van der Waals surface area contributed by atoms with Crippen LogP contribution in [-0.2, 0) is 0 Å². The Kier molecular flexibility index (Phi) is 4.15. The SMILES string of the molecule is O=C(O)NC1CCN(c2ncc(O)c(-c3cc(F)ccc3F)n2)C1. The van der Waals surface area contributed by atoms with Crippen LogP contribution in [0.3, 0.4) is 0 Å². The van der Waals surface area contributed by atoms with Crippen LogP contribution in [-0.4, -0.2) is 45.4 Å². The lowest BCUT2D eigenvalue weighted by atomic mass is 10.1. The van der Waals surface area contributed by atoms with Gasteiger partial charge in [0.15, 0.2) is 5.75 Å². The van der Waals surface area contributed by atoms with Crippen LogP contribution >= 0.6 is 0 Å². The highest BCUT2D eigenvalue weighted by Crippen LogP contribution is 2.31. The number of halogens is 2. The Morgan fingerprint density at radius 2 is 2.17 bits per heavy atom. The minimum Gasteiger partial charge on any atom is -0.504 e. The van der Waals surface area contributed by atoms with E-state index in [0.717, 1.165) is 24.4 Å². The predicted octanol–water partition coefficient (Wildman–Crippen LogP) is 1.97. The second-order valence-corrected chi connectivity index (χ2v) is 5.41. The maximum Gasteiger partial charge on any atom is 0.404 e. The average Bonchev–Trinajstić information content (AvgIpc) is 2.98. The van der Waals surface area contributed by atoms with Crippen LogP contribution in [0.25, 0.3) is 11.3 Å². The zero-order valence-electron chi connectivity index (χ0n) is 12.4. The standard InChI is InChI=1S/C15H14F2N4O3/c16-8-1-2-11(17)10(5-8)13-12(22)6-18-14(20-13)21-4-3-9(7-21)19-15(23)24/h1-2,5-6,9,19,22H,3-4,7H2,(H,23,24). The van der Waals surface area contributed by atoms with Crippen molar-refractivity contribution in [3.8, 4) is 17.0 Å². The first-order chi connectivity index (χ1) is 11.4. The number of anilines is 1. The van der Waals surface area contributed by atoms with Gasteiger partial charge in [0, 0.05) is 18.7 Å². The molecule has 0 bridgehead atoms. The summed E-state index contributed by atoms with van der Waals surface area (Å²) in [6, 6.07) is 2.60. The van der Waals surface area contributed by atoms with Crippen molar-refractivity contribution in [2.75, 3.05) is 18.0 Å². The van der Waals surface area contributed by atoms with Crippen molar-refractivity contribution in [3.63, 3.8) is 0 Å². The highest BCUT2D eigenvalue weighted by molar-refractivity contribution is 5.67. The van der Waals surface area contributed by atoms with Gasteiger partial charge in [0.05, 0.1) is 12.2 Å². The molecule has 2 heterocycles. The number of carboxylic acid groups (broad SMARTS) is 1. The van der Waals surface area contributed by atoms with E-state index in [9.17, 15) is 18.7 Å². The average molecular weight is 336 g/mol. The fourth-order valence-corrected chi connectivity index (χ4v) is 2.63. The molecule has 1 unspecified atom stereocenters. The molecule has 0 saturated carbocycles. The third-order valence-corrected chi connectivity index (χ3v) is 3.74. The van der Waals surface area contributed by atoms with Crippen molar-refractivity contribution in [2.45, 2.75) is 12.5 Å². The zero-order chi connectivity index (χ0) is 17.3. The van der Waals surface area contributed by atoms with Gasteiger partial charge in [-0.2, -0.15) is 0 Å². The van der Waals surface area contributed by atoms with Gasteiger partial charge in [-0.1, -0.05) is 0 Å². The van der Waals surface area contributed by atoms with Crippen molar-refractivity contribution in [1.29, 1.82) is 0 Å². The summed E-state index contributed by atoms with van der Waals surface area (Å²) in [4.78, 5) is 20.5. The van der Waals surface area contributed by atoms with E-state index in [0.29, 0.717) is 19.5 Å². The normalized spacial score (nSPS) is 17.1. The minimum absolute atomic E-state index is 0.119. The quantitative estimate of drug-likeness (QED) is 0.793. The zero-order valence-corrected chi connectivity index (χ0v) is 12.4. The Morgan fingerprint density at radius 1 is 1.38 bits per heavy atom. The highest BCUT2D eigenvalue weighted by Gasteiger charge is 2.26. The maximum atomic E-state index is 13.9. The number of carbonyl (C=O) groups is 1. The molecule has 7 nitrogen and oxygen atoms in total. The van der Waals surface area contributed by atoms with E-state index in [1.54, 1.807) is 4.90 Å². The molecule has 0 aliphatic carbocycles. The van der Waals surface area contributed by atoms with Gasteiger partial charge in [-0.25, -0.2) is 23.5 Å². The number of rotatable bonds is 3. The van der Waals surface area contributed by atoms with E-state index in [-0.39, 0.29) is 29.0 Å². The van der Waals surface area contributed by atoms with Gasteiger partial charge in [0.2, 0.25) is 5.95 Å². The van der Waals surface area contributed by atoms with Crippen molar-refractivity contribution >= 4 is 12.0 Å². The Hall–Kier alpha value is -2.97. The van der Waals surface area contributed by atoms with Gasteiger partial charge in [-0.05, 0) is 24.6 Å². The van der Waals surface area contributed by atoms with E-state index >= 15 is 0 Å². The first-order valence-electron chi connectivity index (χ1n) is 7.20. The van der Waals surface area contributed by atoms with Gasteiger partial charge in [-0.15, -0.1) is 0 Å². The third kappa shape index (κ3) is 3.19. The summed E-state index contributed by atoms with van der Waals surface area (Å²) in [5, 5.41) is 21.0. The summed E-state index contributed by atoms with van der Waals surface area (Å²) in [6.45, 7) is 0.850. The van der Waals surface area contributed by atoms with E-state index < -0.39 is 17.7 Å². The van der Waals surface area contributed by atoms with Crippen LogP contribution in [0.2, 0.25) is 0 Å². The van der Waals surface area contributed by atoms with Gasteiger partial charge in [-0.3, -0.25) is 0 Å². The van der Waals surface area contributed by atoms with Crippen molar-refractivity contribution < 1.29 is 23.8 Å². The van der Waals surface area contributed by atoms with Crippen LogP contribution in [0.15, 0.2) is 24.4 Å². The number of nitrogens with zero attached hydrogens (tertiary/aromatic N) is 3. The molecule has 1 amide bonds. The van der Waals surface area contributed by atoms with Crippen molar-refractivity contribution in [2.24, 2.45) is 0 Å². The Morgan fingerprint density at radius 3 is 2.92 bits per heavy atom. The summed E-state index contributed by atoms with van der Waals surface area (Å²) < 4.78 is 27.3. The van der Waals surface area contributed by atoms with E-state index in [4.69, 9.17) is 5.11 Å². The lowest BCUT2D eigenvalue weighted by Gasteiger charge is -2.17. The third-order valence-electron chi connectivity index (χ3n) is 3.74. The highest BCUT2D eigenvalue weighted by atomic mass is 19.1. The molecule has 3 N–H and O–H groups in total. The summed E-state index contributed by atoms with van der Waals surface area (Å²) in [5.74, 6) is -1.54. The fourth-order valence-electron chi connectivity index (χ4n) is 2.63. The summed E-state index contributed by atoms with van der Waals surface area (Å²) in [6.07, 6.45) is 0.566. The van der Waals surface area contributed by atoms with Gasteiger partial charge >= 0.3 is 6.09 Å². The summed E-state index contributed by atoms with van der Waals surface area (Å²) >= 11 is 0. The Bertz CT molecular complexity index is 787. The lowest BCUT2D eigenvalue weighted by molar-refractivity contribution is 0.191. The molecule has 0 radical (unpaired) electrons. The molecule has 9 heteroatoms. The number of hydrogen-bond donors (Lipinski definition) is 3. The van der Waals surface area contributed by atoms with Crippen molar-refractivity contribution in [3.05, 3.63) is 36.0 Å². The lowest BCUT2D eigenvalue weighted by Crippen LogP contribution is -2.36. The minimum atomic E-state index is -1.11. The van der Waals surface area contributed by atoms with Crippen LogP contribution in [0.5, 0.6) is 5.75 Å². The largest absolute Gasteiger partial charge is 0.504 e. The molecular weight excluding hydrogens is 322 g/mol. The monoisotopic (exact) mass is 336 g/mol. The summed E-state index contributed by atoms with van der Waals surface area (Å²) in [5.41, 5.74) is -0.290. The first kappa shape index (κ1) is 15.9. The second kappa shape index (κ2) is 6.26. The Balaban J connectivity index is 1.90. The molecule has 1 aliphatic rings. The molecule has 1 saturated heterocycles. The van der Waals surface area contributed by atoms with E-state index in [1.807, 2.05) is 0 Å². The number of aromatic hydroxyl groups is 1. The molecular formula is C15H14F2N4O3. The predicted molar refractivity (Wildman–Crippen MR) is 80.8 cm³/mol. The maximum absolute atomic E-state index is 13.9. The smallest absolute Gasteiger partial charge is 0.404 e. The van der Waals surface area contributed by atoms with Gasteiger partial charge in [0.25, 0.3) is 0 Å². The van der Waals surface area contributed by atoms with E-state index in [2.05, 4.69) is 15.3 Å². The fraction of sp³-hybridized carbons (Fsp3) is 0.267. The number of hydrogen-bond acceptors (Lipinski definition) is 5. The summed E-state index contributed by atoms with van der Waals surface area (Å²) in [7, 11) is 0. The van der Waals surface area contributed by atoms with Crippen LogP contribution in [0.4, 0.5) is 19.5 Å². The molecule has 126 valence electrons. The Labute approximate surface area is 135 Å². The molecule has 0 spiro atoms. The molecule has 1 aromatic carbocycles. The molecule has 1 atom stereocenters. The van der Waals surface area contributed by atoms with Gasteiger partial charge in [0.1, 0.15) is 17.3 Å². The van der Waals surface area contributed by atoms with Crippen LogP contribution in [0.1, 0.15) is 6.42 Å². The number of amides is 1. The first-order valence-corrected chi connectivity index (χ1v) is 7.20. The van der Waals surface area contributed by atoms with Gasteiger partial charge < -0.3 is 20.4 Å². The van der Waals surface area contributed by atoms with Crippen LogP contribution < -0.4 is 10.2 Å². The number of aromatic nitrogens is 2. The molecule has 1 fully saturated rings. The number of benzene rings is 1. The molecule has 1 aliphatic heterocycles. The molecule has 3 rings (SSSR count). The van der Waals surface area contributed by atoms with E-state index in [1.165, 1.54) is 0 Å². The molecule has 2 aromatic rings. The number of nitrogens with one attached hydrogen (secondary N) is 1.